The molecule has 1 N–H and O–H groups in total. The lowest BCUT2D eigenvalue weighted by Gasteiger charge is -2.25. The molecular weight excluding hydrogens is 362 g/mol. The third-order valence-corrected chi connectivity index (χ3v) is 4.44. The lowest BCUT2D eigenvalue weighted by Crippen LogP contribution is -2.29. The van der Waals surface area contributed by atoms with Crippen LogP contribution in [0.4, 0.5) is 5.69 Å². The maximum atomic E-state index is 13.0. The maximum Gasteiger partial charge on any atom is 0.279 e. The summed E-state index contributed by atoms with van der Waals surface area (Å²) in [5.41, 5.74) is 0.451. The van der Waals surface area contributed by atoms with E-state index in [9.17, 15) is 20.0 Å². The van der Waals surface area contributed by atoms with Crippen LogP contribution in [0.2, 0.25) is 0 Å². The molecule has 1 aromatic heterocycles. The molecule has 0 radical (unpaired) electrons. The van der Waals surface area contributed by atoms with Crippen molar-refractivity contribution in [3.05, 3.63) is 69.9 Å². The van der Waals surface area contributed by atoms with Crippen LogP contribution in [0.15, 0.2) is 48.7 Å². The van der Waals surface area contributed by atoms with Crippen LogP contribution in [0.1, 0.15) is 30.5 Å². The Morgan fingerprint density at radius 1 is 1.29 bits per heavy atom. The first-order chi connectivity index (χ1) is 13.5. The number of non-ortho nitro benzene ring substituents is 1. The van der Waals surface area contributed by atoms with Crippen molar-refractivity contribution in [3.8, 4) is 11.5 Å². The first kappa shape index (κ1) is 19.1. The van der Waals surface area contributed by atoms with Gasteiger partial charge in [0.2, 0.25) is 5.91 Å². The average Bonchev–Trinajstić information content (AvgIpc) is 2.72. The van der Waals surface area contributed by atoms with Crippen LogP contribution in [0.25, 0.3) is 10.9 Å². The largest absolute Gasteiger partial charge is 0.871 e. The highest BCUT2D eigenvalue weighted by molar-refractivity contribution is 5.93. The molecule has 28 heavy (non-hydrogen) atoms. The molecule has 0 aliphatic rings. The number of rotatable bonds is 6. The number of nitro benzene ring substituents is 1. The first-order valence-electron chi connectivity index (χ1n) is 8.62. The summed E-state index contributed by atoms with van der Waals surface area (Å²) in [6, 6.07) is 10.2. The number of ether oxygens (including phenoxy) is 1. The third-order valence-electron chi connectivity index (χ3n) is 4.44. The Balaban J connectivity index is 2.23. The van der Waals surface area contributed by atoms with Gasteiger partial charge in [0, 0.05) is 18.7 Å². The Bertz CT molecular complexity index is 1030. The maximum absolute atomic E-state index is 13.0. The van der Waals surface area contributed by atoms with Gasteiger partial charge in [0.25, 0.3) is 5.69 Å². The van der Waals surface area contributed by atoms with Gasteiger partial charge in [-0.15, -0.1) is 0 Å². The van der Waals surface area contributed by atoms with Crippen molar-refractivity contribution in [2.75, 3.05) is 7.11 Å². The van der Waals surface area contributed by atoms with Crippen molar-refractivity contribution in [2.24, 2.45) is 0 Å². The molecule has 0 spiro atoms. The Hall–Kier alpha value is -3.68. The van der Waals surface area contributed by atoms with Crippen LogP contribution in [-0.2, 0) is 4.79 Å². The highest BCUT2D eigenvalue weighted by atomic mass is 16.6. The quantitative estimate of drug-likeness (QED) is 0.519. The summed E-state index contributed by atoms with van der Waals surface area (Å²) in [6.45, 7) is 1.68. The second-order valence-electron chi connectivity index (χ2n) is 6.10. The minimum atomic E-state index is -0.851. The van der Waals surface area contributed by atoms with Crippen LogP contribution < -0.4 is 15.2 Å². The number of aromatic nitrogens is 1. The topological polar surface area (TPSA) is 117 Å². The number of nitrogens with zero attached hydrogens (tertiary/aromatic N) is 2. The molecule has 0 saturated carbocycles. The molecule has 8 heteroatoms. The molecule has 0 bridgehead atoms. The predicted octanol–water partition coefficient (Wildman–Crippen LogP) is 2.84. The van der Waals surface area contributed by atoms with Gasteiger partial charge in [0.1, 0.15) is 5.75 Å². The number of methoxy groups -OCH3 is 1. The van der Waals surface area contributed by atoms with Crippen LogP contribution in [0.5, 0.6) is 11.5 Å². The molecule has 0 aliphatic carbocycles. The fourth-order valence-corrected chi connectivity index (χ4v) is 2.99. The van der Waals surface area contributed by atoms with Gasteiger partial charge < -0.3 is 15.2 Å². The average molecular weight is 380 g/mol. The number of pyridine rings is 1. The number of fused-ring (bicyclic) bond motifs is 1. The van der Waals surface area contributed by atoms with E-state index in [4.69, 9.17) is 4.74 Å². The zero-order valence-corrected chi connectivity index (χ0v) is 15.3. The zero-order chi connectivity index (χ0) is 20.3. The molecule has 3 aromatic rings. The van der Waals surface area contributed by atoms with Gasteiger partial charge in [-0.25, -0.2) is 0 Å². The summed E-state index contributed by atoms with van der Waals surface area (Å²) in [7, 11) is 1.53. The number of benzene rings is 2. The van der Waals surface area contributed by atoms with E-state index in [1.807, 2.05) is 0 Å². The molecule has 3 rings (SSSR count). The fraction of sp³-hybridized carbons (Fsp3) is 0.200. The van der Waals surface area contributed by atoms with Gasteiger partial charge in [0.05, 0.1) is 29.0 Å². The van der Waals surface area contributed by atoms with Crippen molar-refractivity contribution in [2.45, 2.75) is 19.4 Å². The Kier molecular flexibility index (Phi) is 5.39. The van der Waals surface area contributed by atoms with Crippen molar-refractivity contribution in [1.29, 1.82) is 0 Å². The monoisotopic (exact) mass is 380 g/mol. The molecule has 1 heterocycles. The molecule has 0 fully saturated rings. The second kappa shape index (κ2) is 7.91. The van der Waals surface area contributed by atoms with E-state index >= 15 is 0 Å². The van der Waals surface area contributed by atoms with Crippen LogP contribution in [-0.4, -0.2) is 22.9 Å². The number of hydrogen-bond acceptors (Lipinski definition) is 6. The van der Waals surface area contributed by atoms with E-state index in [-0.39, 0.29) is 34.5 Å². The smallest absolute Gasteiger partial charge is 0.279 e. The Morgan fingerprint density at radius 3 is 2.61 bits per heavy atom. The predicted molar refractivity (Wildman–Crippen MR) is 101 cm³/mol. The molecule has 2 aromatic carbocycles. The number of hydrogen-bond donors (Lipinski definition) is 1. The molecule has 1 amide bonds. The standard InChI is InChI=1S/C20H19N3O5/c1-3-17(24)22-18(12-6-8-13(28-2)9-7-12)15-11-16(23(26)27)14-5-4-10-21-19(14)20(15)25/h4-11,18,25H,3H2,1-2H3,(H,22,24)/p-1/t18-/m0/s1. The Morgan fingerprint density at radius 2 is 2.00 bits per heavy atom. The van der Waals surface area contributed by atoms with Crippen LogP contribution >= 0.6 is 0 Å². The van der Waals surface area contributed by atoms with Crippen molar-refractivity contribution >= 4 is 22.5 Å². The lowest BCUT2D eigenvalue weighted by atomic mass is 9.95. The highest BCUT2D eigenvalue weighted by Crippen LogP contribution is 2.38. The molecule has 0 unspecified atom stereocenters. The fourth-order valence-electron chi connectivity index (χ4n) is 2.99. The minimum Gasteiger partial charge on any atom is -0.871 e. The number of nitro groups is 1. The van der Waals surface area contributed by atoms with Crippen LogP contribution in [0, 0.1) is 10.1 Å². The summed E-state index contributed by atoms with van der Waals surface area (Å²) in [5.74, 6) is -0.139. The van der Waals surface area contributed by atoms with Crippen LogP contribution in [0.3, 0.4) is 0 Å². The van der Waals surface area contributed by atoms with E-state index in [0.717, 1.165) is 0 Å². The molecular formula is C20H18N3O5-. The summed E-state index contributed by atoms with van der Waals surface area (Å²) in [6.07, 6.45) is 1.61. The van der Waals surface area contributed by atoms with Gasteiger partial charge in [-0.1, -0.05) is 24.8 Å². The van der Waals surface area contributed by atoms with Gasteiger partial charge in [0.15, 0.2) is 0 Å². The summed E-state index contributed by atoms with van der Waals surface area (Å²) >= 11 is 0. The van der Waals surface area contributed by atoms with Gasteiger partial charge in [-0.05, 0) is 35.4 Å². The summed E-state index contributed by atoms with van der Waals surface area (Å²) in [4.78, 5) is 27.2. The van der Waals surface area contributed by atoms with Crippen molar-refractivity contribution in [1.82, 2.24) is 10.3 Å². The van der Waals surface area contributed by atoms with E-state index in [0.29, 0.717) is 11.3 Å². The molecule has 8 nitrogen and oxygen atoms in total. The van der Waals surface area contributed by atoms with Crippen molar-refractivity contribution < 1.29 is 19.6 Å². The summed E-state index contributed by atoms with van der Waals surface area (Å²) in [5, 5.41) is 27.6. The highest BCUT2D eigenvalue weighted by Gasteiger charge is 2.23. The minimum absolute atomic E-state index is 0.00374. The van der Waals surface area contributed by atoms with E-state index in [1.165, 1.54) is 31.5 Å². The number of carbonyl (C=O) groups is 1. The van der Waals surface area contributed by atoms with Crippen molar-refractivity contribution in [3.63, 3.8) is 0 Å². The van der Waals surface area contributed by atoms with Gasteiger partial charge >= 0.3 is 0 Å². The molecule has 0 saturated heterocycles. The molecule has 1 atom stereocenters. The third kappa shape index (κ3) is 3.57. The number of amides is 1. The zero-order valence-electron chi connectivity index (χ0n) is 15.3. The number of nitrogens with one attached hydrogen (secondary N) is 1. The normalized spacial score (nSPS) is 11.8. The van der Waals surface area contributed by atoms with E-state index in [2.05, 4.69) is 10.3 Å². The molecule has 144 valence electrons. The molecule has 0 aliphatic heterocycles. The lowest BCUT2D eigenvalue weighted by molar-refractivity contribution is -0.383. The number of carbonyl (C=O) groups excluding carboxylic acids is 1. The van der Waals surface area contributed by atoms with Gasteiger partial charge in [-0.3, -0.25) is 19.9 Å². The van der Waals surface area contributed by atoms with E-state index in [1.54, 1.807) is 31.2 Å². The van der Waals surface area contributed by atoms with E-state index < -0.39 is 16.7 Å². The summed E-state index contributed by atoms with van der Waals surface area (Å²) < 4.78 is 5.14. The SMILES string of the molecule is CCC(=O)N[C@@H](c1ccc(OC)cc1)c1cc([N+](=O)[O-])c2cccnc2c1[O-]. The first-order valence-corrected chi connectivity index (χ1v) is 8.62. The Labute approximate surface area is 160 Å². The second-order valence-corrected chi connectivity index (χ2v) is 6.10. The van der Waals surface area contributed by atoms with Gasteiger partial charge in [-0.2, -0.15) is 0 Å².